The van der Waals surface area contributed by atoms with Crippen molar-refractivity contribution in [3.63, 3.8) is 0 Å². The first-order valence-corrected chi connectivity index (χ1v) is 13.7. The number of rotatable bonds is 13. The fraction of sp³-hybridized carbons (Fsp3) is 0.242. The lowest BCUT2D eigenvalue weighted by Gasteiger charge is -2.26. The molecule has 0 radical (unpaired) electrons. The maximum absolute atomic E-state index is 13.5. The molecule has 43 heavy (non-hydrogen) atoms. The normalized spacial score (nSPS) is 14.0. The van der Waals surface area contributed by atoms with Gasteiger partial charge in [-0.15, -0.1) is 6.58 Å². The molecule has 0 aromatic heterocycles. The fourth-order valence-corrected chi connectivity index (χ4v) is 4.45. The van der Waals surface area contributed by atoms with Gasteiger partial charge in [0, 0.05) is 5.56 Å². The van der Waals surface area contributed by atoms with Gasteiger partial charge in [-0.25, -0.2) is 9.18 Å². The zero-order chi connectivity index (χ0) is 30.9. The highest BCUT2D eigenvalue weighted by molar-refractivity contribution is 6.31. The van der Waals surface area contributed by atoms with Crippen LogP contribution in [0.3, 0.4) is 0 Å². The van der Waals surface area contributed by atoms with Crippen LogP contribution in [0.5, 0.6) is 23.0 Å². The maximum atomic E-state index is 13.5. The molecule has 1 N–H and O–H groups in total. The van der Waals surface area contributed by atoms with Gasteiger partial charge < -0.3 is 18.9 Å². The van der Waals surface area contributed by atoms with Crippen molar-refractivity contribution in [2.75, 3.05) is 20.8 Å². The van der Waals surface area contributed by atoms with E-state index in [1.165, 1.54) is 32.4 Å². The number of nitrogens with zero attached hydrogens (tertiary/aromatic N) is 1. The average molecular weight is 589 g/mol. The van der Waals surface area contributed by atoms with E-state index in [0.717, 1.165) is 16.9 Å². The van der Waals surface area contributed by atoms with Gasteiger partial charge >= 0.3 is 6.03 Å². The van der Waals surface area contributed by atoms with Gasteiger partial charge in [-0.1, -0.05) is 31.2 Å². The molecule has 3 aromatic carbocycles. The Morgan fingerprint density at radius 1 is 0.907 bits per heavy atom. The summed E-state index contributed by atoms with van der Waals surface area (Å²) in [6, 6.07) is 13.6. The number of methoxy groups -OCH3 is 2. The number of hydrogen-bond acceptors (Lipinski definition) is 7. The van der Waals surface area contributed by atoms with Crippen LogP contribution in [0.4, 0.5) is 9.18 Å². The Labute approximate surface area is 249 Å². The largest absolute Gasteiger partial charge is 0.493 e. The van der Waals surface area contributed by atoms with Crippen LogP contribution in [0.2, 0.25) is 0 Å². The van der Waals surface area contributed by atoms with Crippen molar-refractivity contribution >= 4 is 23.9 Å². The predicted molar refractivity (Wildman–Crippen MR) is 158 cm³/mol. The molecule has 1 aliphatic heterocycles. The van der Waals surface area contributed by atoms with Crippen molar-refractivity contribution in [3.05, 3.63) is 101 Å². The summed E-state index contributed by atoms with van der Waals surface area (Å²) in [4.78, 5) is 39.9. The van der Waals surface area contributed by atoms with Crippen molar-refractivity contribution in [2.45, 2.75) is 32.9 Å². The van der Waals surface area contributed by atoms with Gasteiger partial charge in [-0.2, -0.15) is 0 Å². The molecule has 1 aliphatic rings. The number of hydrogen-bond donors (Lipinski definition) is 1. The van der Waals surface area contributed by atoms with Crippen LogP contribution < -0.4 is 24.3 Å². The number of barbiturate groups is 1. The summed E-state index contributed by atoms with van der Waals surface area (Å²) in [6.07, 6.45) is 4.31. The van der Waals surface area contributed by atoms with Gasteiger partial charge in [0.1, 0.15) is 18.0 Å². The molecule has 0 spiro atoms. The predicted octanol–water partition coefficient (Wildman–Crippen LogP) is 5.60. The Kier molecular flexibility index (Phi) is 10.2. The molecule has 3 aromatic rings. The van der Waals surface area contributed by atoms with Crippen LogP contribution >= 0.6 is 0 Å². The van der Waals surface area contributed by atoms with Crippen LogP contribution in [0, 0.1) is 5.82 Å². The number of halogens is 1. The smallest absolute Gasteiger partial charge is 0.331 e. The molecule has 0 unspecified atom stereocenters. The van der Waals surface area contributed by atoms with E-state index in [1.54, 1.807) is 48.5 Å². The number of imide groups is 2. The molecule has 0 saturated carbocycles. The molecule has 1 saturated heterocycles. The summed E-state index contributed by atoms with van der Waals surface area (Å²) < 4.78 is 36.0. The Balaban J connectivity index is 1.61. The maximum Gasteiger partial charge on any atom is 0.331 e. The molecule has 1 heterocycles. The third-order valence-electron chi connectivity index (χ3n) is 6.56. The molecule has 224 valence electrons. The summed E-state index contributed by atoms with van der Waals surface area (Å²) >= 11 is 0. The minimum Gasteiger partial charge on any atom is -0.493 e. The summed E-state index contributed by atoms with van der Waals surface area (Å²) in [5, 5.41) is 2.24. The Hall–Kier alpha value is -5.12. The lowest BCUT2D eigenvalue weighted by Crippen LogP contribution is -2.53. The summed E-state index contributed by atoms with van der Waals surface area (Å²) in [6.45, 7) is 6.38. The van der Waals surface area contributed by atoms with Gasteiger partial charge in [0.25, 0.3) is 11.8 Å². The first-order valence-electron chi connectivity index (χ1n) is 13.7. The zero-order valence-corrected chi connectivity index (χ0v) is 24.3. The number of carbonyl (C=O) groups excluding carboxylic acids is 3. The van der Waals surface area contributed by atoms with E-state index in [1.807, 2.05) is 6.92 Å². The first-order chi connectivity index (χ1) is 20.8. The number of ether oxygens (including phenoxy) is 4. The van der Waals surface area contributed by atoms with E-state index in [2.05, 4.69) is 11.9 Å². The van der Waals surface area contributed by atoms with Crippen LogP contribution in [0.15, 0.2) is 72.8 Å². The SMILES string of the molecule is C=CCc1cc(/C=C2\C(=O)NC(=O)N(Cc3ccc(OCCC)c(OC)c3)C2=O)cc(OC)c1OCc1ccc(F)cc1. The summed E-state index contributed by atoms with van der Waals surface area (Å²) in [7, 11) is 2.98. The second-order valence-electron chi connectivity index (χ2n) is 9.66. The third-order valence-corrected chi connectivity index (χ3v) is 6.56. The molecule has 0 atom stereocenters. The van der Waals surface area contributed by atoms with Crippen LogP contribution in [0.25, 0.3) is 6.08 Å². The highest BCUT2D eigenvalue weighted by Gasteiger charge is 2.36. The molecule has 4 amide bonds. The van der Waals surface area contributed by atoms with Crippen molar-refractivity contribution in [3.8, 4) is 23.0 Å². The second-order valence-corrected chi connectivity index (χ2v) is 9.66. The van der Waals surface area contributed by atoms with Crippen LogP contribution in [-0.4, -0.2) is 43.6 Å². The van der Waals surface area contributed by atoms with E-state index in [9.17, 15) is 18.8 Å². The molecule has 4 rings (SSSR count). The number of urea groups is 1. The minimum atomic E-state index is -0.827. The van der Waals surface area contributed by atoms with Crippen LogP contribution in [-0.2, 0) is 29.2 Å². The minimum absolute atomic E-state index is 0.0963. The highest BCUT2D eigenvalue weighted by Crippen LogP contribution is 2.35. The van der Waals surface area contributed by atoms with Gasteiger partial charge in [-0.3, -0.25) is 19.8 Å². The molecular weight excluding hydrogens is 555 g/mol. The number of amides is 4. The molecule has 0 aliphatic carbocycles. The standard InChI is InChI=1S/C33H33FN2O7/c1-5-7-24-15-23(18-29(41-4)30(24)43-20-21-8-11-25(34)12-9-21)16-26-31(37)35-33(39)36(32(26)38)19-22-10-13-27(42-14-6-2)28(17-22)40-3/h5,8-13,15-18H,1,6-7,14,19-20H2,2-4H3,(H,35,37,39)/b26-16+. The second kappa shape index (κ2) is 14.2. The molecule has 1 fully saturated rings. The van der Waals surface area contributed by atoms with Gasteiger partial charge in [0.15, 0.2) is 23.0 Å². The lowest BCUT2D eigenvalue weighted by molar-refractivity contribution is -0.130. The van der Waals surface area contributed by atoms with E-state index >= 15 is 0 Å². The quantitative estimate of drug-likeness (QED) is 0.158. The average Bonchev–Trinajstić information content (AvgIpc) is 3.00. The van der Waals surface area contributed by atoms with Crippen molar-refractivity contribution < 1.29 is 37.7 Å². The lowest BCUT2D eigenvalue weighted by atomic mass is 10.0. The van der Waals surface area contributed by atoms with E-state index in [-0.39, 0.29) is 24.5 Å². The number of allylic oxidation sites excluding steroid dienone is 1. The van der Waals surface area contributed by atoms with Crippen molar-refractivity contribution in [1.82, 2.24) is 10.2 Å². The van der Waals surface area contributed by atoms with E-state index in [0.29, 0.717) is 52.7 Å². The number of nitrogens with one attached hydrogen (secondary N) is 1. The van der Waals surface area contributed by atoms with Crippen molar-refractivity contribution in [1.29, 1.82) is 0 Å². The monoisotopic (exact) mass is 588 g/mol. The molecular formula is C33H33FN2O7. The van der Waals surface area contributed by atoms with Gasteiger partial charge in [0.2, 0.25) is 0 Å². The number of carbonyl (C=O) groups is 3. The Morgan fingerprint density at radius 2 is 1.63 bits per heavy atom. The Bertz CT molecular complexity index is 1550. The number of benzene rings is 3. The van der Waals surface area contributed by atoms with Crippen LogP contribution in [0.1, 0.15) is 35.6 Å². The summed E-state index contributed by atoms with van der Waals surface area (Å²) in [5.41, 5.74) is 2.32. The zero-order valence-electron chi connectivity index (χ0n) is 24.3. The topological polar surface area (TPSA) is 103 Å². The van der Waals surface area contributed by atoms with Gasteiger partial charge in [-0.05, 0) is 72.0 Å². The van der Waals surface area contributed by atoms with Gasteiger partial charge in [0.05, 0.1) is 27.4 Å². The third kappa shape index (κ3) is 7.40. The molecule has 10 heteroatoms. The first kappa shape index (κ1) is 30.8. The summed E-state index contributed by atoms with van der Waals surface area (Å²) in [5.74, 6) is -0.0816. The molecule has 9 nitrogen and oxygen atoms in total. The highest BCUT2D eigenvalue weighted by atomic mass is 19.1. The fourth-order valence-electron chi connectivity index (χ4n) is 4.45. The van der Waals surface area contributed by atoms with E-state index < -0.39 is 17.8 Å². The van der Waals surface area contributed by atoms with E-state index in [4.69, 9.17) is 18.9 Å². The Morgan fingerprint density at radius 3 is 2.30 bits per heavy atom. The molecule has 0 bridgehead atoms. The van der Waals surface area contributed by atoms with Crippen molar-refractivity contribution in [2.24, 2.45) is 0 Å².